The molecule has 0 aromatic rings. The summed E-state index contributed by atoms with van der Waals surface area (Å²) in [7, 11) is 0. The van der Waals surface area contributed by atoms with Gasteiger partial charge in [0.15, 0.2) is 0 Å². The second-order valence-electron chi connectivity index (χ2n) is 2.34. The van der Waals surface area contributed by atoms with E-state index < -0.39 is 0 Å². The summed E-state index contributed by atoms with van der Waals surface area (Å²) in [4.78, 5) is 0. The van der Waals surface area contributed by atoms with E-state index in [1.165, 1.54) is 6.92 Å². The first kappa shape index (κ1) is 9.41. The molecule has 0 radical (unpaired) electrons. The van der Waals surface area contributed by atoms with Gasteiger partial charge in [0.2, 0.25) is 0 Å². The molecule has 0 aliphatic carbocycles. The van der Waals surface area contributed by atoms with Gasteiger partial charge in [-0.2, -0.15) is 0 Å². The predicted octanol–water partition coefficient (Wildman–Crippen LogP) is 3.61. The fraction of sp³-hybridized carbons (Fsp3) is 0.556. The summed E-state index contributed by atoms with van der Waals surface area (Å²) in [5.41, 5.74) is 1.88. The van der Waals surface area contributed by atoms with E-state index in [9.17, 15) is 4.39 Å². The highest BCUT2D eigenvalue weighted by molar-refractivity contribution is 5.29. The summed E-state index contributed by atoms with van der Waals surface area (Å²) < 4.78 is 12.6. The molecule has 0 saturated heterocycles. The number of hydrogen-bond acceptors (Lipinski definition) is 0. The summed E-state index contributed by atoms with van der Waals surface area (Å²) in [6, 6.07) is 0. The molecule has 0 nitrogen and oxygen atoms in total. The SMILES string of the molecule is C/C=C(C)\C(CC)=C(/C)F. The summed E-state index contributed by atoms with van der Waals surface area (Å²) in [5, 5.41) is 0. The Kier molecular flexibility index (Phi) is 4.01. The Labute approximate surface area is 62.4 Å². The van der Waals surface area contributed by atoms with Crippen molar-refractivity contribution in [3.05, 3.63) is 23.0 Å². The van der Waals surface area contributed by atoms with Gasteiger partial charge in [-0.05, 0) is 38.3 Å². The van der Waals surface area contributed by atoms with Gasteiger partial charge in [0.25, 0.3) is 0 Å². The van der Waals surface area contributed by atoms with Crippen molar-refractivity contribution in [2.75, 3.05) is 0 Å². The van der Waals surface area contributed by atoms with Crippen LogP contribution < -0.4 is 0 Å². The molecule has 0 aliphatic heterocycles. The van der Waals surface area contributed by atoms with Crippen molar-refractivity contribution < 1.29 is 4.39 Å². The molecule has 0 bridgehead atoms. The first-order chi connectivity index (χ1) is 4.63. The molecule has 0 amide bonds. The molecule has 0 N–H and O–H groups in total. The van der Waals surface area contributed by atoms with Gasteiger partial charge in [-0.15, -0.1) is 0 Å². The lowest BCUT2D eigenvalue weighted by Gasteiger charge is -2.03. The number of rotatable bonds is 2. The standard InChI is InChI=1S/C9H15F/c1-5-7(3)9(6-2)8(4)10/h5H,6H2,1-4H3/b7-5-,9-8+. The predicted molar refractivity (Wildman–Crippen MR) is 43.5 cm³/mol. The Morgan fingerprint density at radius 2 is 1.90 bits per heavy atom. The van der Waals surface area contributed by atoms with Crippen LogP contribution >= 0.6 is 0 Å². The van der Waals surface area contributed by atoms with E-state index in [0.717, 1.165) is 17.6 Å². The molecule has 0 heterocycles. The lowest BCUT2D eigenvalue weighted by molar-refractivity contribution is 0.624. The maximum Gasteiger partial charge on any atom is 0.100 e. The van der Waals surface area contributed by atoms with Crippen LogP contribution in [-0.2, 0) is 0 Å². The van der Waals surface area contributed by atoms with Crippen LogP contribution in [0.4, 0.5) is 4.39 Å². The van der Waals surface area contributed by atoms with Crippen LogP contribution in [0, 0.1) is 0 Å². The molecule has 0 unspecified atom stereocenters. The van der Waals surface area contributed by atoms with Crippen LogP contribution in [-0.4, -0.2) is 0 Å². The Morgan fingerprint density at radius 3 is 2.00 bits per heavy atom. The van der Waals surface area contributed by atoms with Gasteiger partial charge in [0.1, 0.15) is 5.83 Å². The first-order valence-corrected chi connectivity index (χ1v) is 3.62. The van der Waals surface area contributed by atoms with E-state index in [2.05, 4.69) is 0 Å². The second-order valence-corrected chi connectivity index (χ2v) is 2.34. The molecular formula is C9H15F. The summed E-state index contributed by atoms with van der Waals surface area (Å²) in [6.45, 7) is 7.33. The maximum absolute atomic E-state index is 12.6. The minimum absolute atomic E-state index is 0.0573. The molecule has 1 heteroatoms. The Bertz CT molecular complexity index is 153. The minimum atomic E-state index is -0.0573. The van der Waals surface area contributed by atoms with Crippen LogP contribution in [0.25, 0.3) is 0 Å². The van der Waals surface area contributed by atoms with Gasteiger partial charge in [-0.25, -0.2) is 4.39 Å². The zero-order valence-electron chi connectivity index (χ0n) is 7.16. The topological polar surface area (TPSA) is 0 Å². The van der Waals surface area contributed by atoms with Crippen molar-refractivity contribution in [2.45, 2.75) is 34.1 Å². The summed E-state index contributed by atoms with van der Waals surface area (Å²) in [5.74, 6) is -0.0573. The van der Waals surface area contributed by atoms with Gasteiger partial charge in [-0.3, -0.25) is 0 Å². The van der Waals surface area contributed by atoms with Gasteiger partial charge >= 0.3 is 0 Å². The van der Waals surface area contributed by atoms with Gasteiger partial charge in [-0.1, -0.05) is 13.0 Å². The van der Waals surface area contributed by atoms with E-state index in [-0.39, 0.29) is 5.83 Å². The van der Waals surface area contributed by atoms with Crippen LogP contribution in [0.1, 0.15) is 34.1 Å². The molecule has 10 heavy (non-hydrogen) atoms. The average Bonchev–Trinajstić information content (AvgIpc) is 1.88. The molecule has 58 valence electrons. The zero-order valence-corrected chi connectivity index (χ0v) is 7.16. The highest BCUT2D eigenvalue weighted by Gasteiger charge is 1.99. The van der Waals surface area contributed by atoms with Crippen molar-refractivity contribution >= 4 is 0 Å². The van der Waals surface area contributed by atoms with Crippen LogP contribution in [0.15, 0.2) is 23.0 Å². The van der Waals surface area contributed by atoms with Gasteiger partial charge in [0.05, 0.1) is 0 Å². The van der Waals surface area contributed by atoms with E-state index in [1.807, 2.05) is 26.8 Å². The van der Waals surface area contributed by atoms with Crippen molar-refractivity contribution in [2.24, 2.45) is 0 Å². The number of hydrogen-bond donors (Lipinski definition) is 0. The number of allylic oxidation sites excluding steroid dienone is 4. The minimum Gasteiger partial charge on any atom is -0.212 e. The van der Waals surface area contributed by atoms with Crippen molar-refractivity contribution in [3.63, 3.8) is 0 Å². The van der Waals surface area contributed by atoms with Crippen molar-refractivity contribution in [1.29, 1.82) is 0 Å². The third-order valence-corrected chi connectivity index (χ3v) is 1.68. The van der Waals surface area contributed by atoms with Crippen molar-refractivity contribution in [1.82, 2.24) is 0 Å². The Balaban J connectivity index is 4.54. The van der Waals surface area contributed by atoms with Crippen LogP contribution in [0.2, 0.25) is 0 Å². The largest absolute Gasteiger partial charge is 0.212 e. The summed E-state index contributed by atoms with van der Waals surface area (Å²) >= 11 is 0. The number of halogens is 1. The molecular weight excluding hydrogens is 127 g/mol. The molecule has 0 spiro atoms. The summed E-state index contributed by atoms with van der Waals surface area (Å²) in [6.07, 6.45) is 2.71. The molecule has 0 aromatic heterocycles. The molecule has 0 fully saturated rings. The Morgan fingerprint density at radius 1 is 1.40 bits per heavy atom. The third kappa shape index (κ3) is 2.34. The van der Waals surface area contributed by atoms with Crippen LogP contribution in [0.3, 0.4) is 0 Å². The maximum atomic E-state index is 12.6. The molecule has 0 saturated carbocycles. The lowest BCUT2D eigenvalue weighted by atomic mass is 10.0. The van der Waals surface area contributed by atoms with Crippen molar-refractivity contribution in [3.8, 4) is 0 Å². The first-order valence-electron chi connectivity index (χ1n) is 3.62. The fourth-order valence-electron chi connectivity index (χ4n) is 0.968. The van der Waals surface area contributed by atoms with Gasteiger partial charge < -0.3 is 0 Å². The van der Waals surface area contributed by atoms with E-state index in [1.54, 1.807) is 0 Å². The fourth-order valence-corrected chi connectivity index (χ4v) is 0.968. The van der Waals surface area contributed by atoms with E-state index in [0.29, 0.717) is 0 Å². The monoisotopic (exact) mass is 142 g/mol. The quantitative estimate of drug-likeness (QED) is 0.517. The highest BCUT2D eigenvalue weighted by Crippen LogP contribution is 2.18. The second kappa shape index (κ2) is 4.26. The molecule has 0 rings (SSSR count). The van der Waals surface area contributed by atoms with Gasteiger partial charge in [0, 0.05) is 0 Å². The van der Waals surface area contributed by atoms with E-state index >= 15 is 0 Å². The lowest BCUT2D eigenvalue weighted by Crippen LogP contribution is -1.85. The van der Waals surface area contributed by atoms with E-state index in [4.69, 9.17) is 0 Å². The average molecular weight is 142 g/mol. The molecule has 0 atom stereocenters. The highest BCUT2D eigenvalue weighted by atomic mass is 19.1. The zero-order chi connectivity index (χ0) is 8.15. The molecule has 0 aromatic carbocycles. The third-order valence-electron chi connectivity index (χ3n) is 1.68. The molecule has 0 aliphatic rings. The Hall–Kier alpha value is -0.590. The smallest absolute Gasteiger partial charge is 0.100 e. The normalized spacial score (nSPS) is 15.1. The van der Waals surface area contributed by atoms with Crippen LogP contribution in [0.5, 0.6) is 0 Å².